The molecule has 0 saturated carbocycles. The number of aryl methyl sites for hydroxylation is 2. The number of anilines is 1. The molecule has 0 spiro atoms. The summed E-state index contributed by atoms with van der Waals surface area (Å²) in [6.45, 7) is 3.72. The maximum Gasteiger partial charge on any atom is 0.231 e. The van der Waals surface area contributed by atoms with Crippen molar-refractivity contribution in [2.45, 2.75) is 20.3 Å². The van der Waals surface area contributed by atoms with Crippen LogP contribution in [0.15, 0.2) is 34.3 Å². The van der Waals surface area contributed by atoms with E-state index in [1.807, 2.05) is 31.4 Å². The van der Waals surface area contributed by atoms with Crippen molar-refractivity contribution in [1.29, 1.82) is 0 Å². The molecule has 2 aromatic heterocycles. The third-order valence-electron chi connectivity index (χ3n) is 3.58. The molecule has 0 radical (unpaired) electrons. The van der Waals surface area contributed by atoms with E-state index in [1.165, 1.54) is 11.3 Å². The number of hydrogen-bond acceptors (Lipinski definition) is 6. The molecule has 3 rings (SSSR count). The molecule has 0 saturated heterocycles. The Morgan fingerprint density at radius 2 is 2.21 bits per heavy atom. The summed E-state index contributed by atoms with van der Waals surface area (Å²) in [6, 6.07) is 5.49. The van der Waals surface area contributed by atoms with Gasteiger partial charge < -0.3 is 14.6 Å². The van der Waals surface area contributed by atoms with E-state index in [0.717, 1.165) is 21.8 Å². The second-order valence-corrected chi connectivity index (χ2v) is 6.24. The third-order valence-corrected chi connectivity index (χ3v) is 4.36. The first-order chi connectivity index (χ1) is 11.6. The van der Waals surface area contributed by atoms with Gasteiger partial charge in [0.1, 0.15) is 16.5 Å². The van der Waals surface area contributed by atoms with Crippen LogP contribution in [-0.4, -0.2) is 23.2 Å². The van der Waals surface area contributed by atoms with Gasteiger partial charge >= 0.3 is 0 Å². The number of rotatable bonds is 5. The van der Waals surface area contributed by atoms with Gasteiger partial charge in [-0.3, -0.25) is 4.79 Å². The van der Waals surface area contributed by atoms with E-state index in [4.69, 9.17) is 9.26 Å². The molecule has 0 unspecified atom stereocenters. The Bertz CT molecular complexity index is 837. The van der Waals surface area contributed by atoms with Crippen LogP contribution in [0.3, 0.4) is 0 Å². The number of carbonyl (C=O) groups excluding carboxylic acids is 1. The van der Waals surface area contributed by atoms with E-state index in [2.05, 4.69) is 15.5 Å². The normalized spacial score (nSPS) is 10.6. The summed E-state index contributed by atoms with van der Waals surface area (Å²) < 4.78 is 10.7. The highest BCUT2D eigenvalue weighted by Gasteiger charge is 2.17. The number of nitrogens with zero attached hydrogens (tertiary/aromatic N) is 2. The summed E-state index contributed by atoms with van der Waals surface area (Å²) in [7, 11) is 1.61. The average molecular weight is 343 g/mol. The van der Waals surface area contributed by atoms with E-state index in [-0.39, 0.29) is 12.3 Å². The van der Waals surface area contributed by atoms with Crippen LogP contribution in [0.1, 0.15) is 16.5 Å². The fourth-order valence-electron chi connectivity index (χ4n) is 2.53. The lowest BCUT2D eigenvalue weighted by molar-refractivity contribution is -0.115. The predicted octanol–water partition coefficient (Wildman–Crippen LogP) is 3.60. The van der Waals surface area contributed by atoms with E-state index >= 15 is 0 Å². The number of methoxy groups -OCH3 is 1. The molecule has 24 heavy (non-hydrogen) atoms. The van der Waals surface area contributed by atoms with E-state index in [9.17, 15) is 4.79 Å². The molecule has 1 amide bonds. The van der Waals surface area contributed by atoms with Gasteiger partial charge in [0, 0.05) is 22.8 Å². The zero-order valence-electron chi connectivity index (χ0n) is 13.6. The van der Waals surface area contributed by atoms with Crippen molar-refractivity contribution >= 4 is 22.9 Å². The molecule has 0 fully saturated rings. The molecule has 7 heteroatoms. The molecule has 1 aromatic carbocycles. The first-order valence-corrected chi connectivity index (χ1v) is 8.26. The Kier molecular flexibility index (Phi) is 4.61. The fraction of sp³-hybridized carbons (Fsp3) is 0.235. The molecule has 2 heterocycles. The number of hydrogen-bond donors (Lipinski definition) is 1. The summed E-state index contributed by atoms with van der Waals surface area (Å²) in [5, 5.41) is 9.51. The van der Waals surface area contributed by atoms with Crippen LogP contribution in [0.4, 0.5) is 5.69 Å². The van der Waals surface area contributed by atoms with E-state index in [1.54, 1.807) is 19.4 Å². The van der Waals surface area contributed by atoms with Crippen molar-refractivity contribution in [1.82, 2.24) is 10.1 Å². The van der Waals surface area contributed by atoms with Crippen molar-refractivity contribution < 1.29 is 14.1 Å². The predicted molar refractivity (Wildman–Crippen MR) is 92.4 cm³/mol. The first-order valence-electron chi connectivity index (χ1n) is 7.38. The minimum atomic E-state index is -0.111. The van der Waals surface area contributed by atoms with Crippen molar-refractivity contribution in [2.75, 3.05) is 12.4 Å². The fourth-order valence-corrected chi connectivity index (χ4v) is 3.15. The largest absolute Gasteiger partial charge is 0.496 e. The summed E-state index contributed by atoms with van der Waals surface area (Å²) in [5.41, 5.74) is 3.17. The Morgan fingerprint density at radius 3 is 2.83 bits per heavy atom. The second kappa shape index (κ2) is 6.84. The van der Waals surface area contributed by atoms with Crippen LogP contribution in [0.2, 0.25) is 0 Å². The van der Waals surface area contributed by atoms with Gasteiger partial charge in [-0.2, -0.15) is 0 Å². The summed E-state index contributed by atoms with van der Waals surface area (Å²) in [4.78, 5) is 16.3. The lowest BCUT2D eigenvalue weighted by Gasteiger charge is -2.11. The van der Waals surface area contributed by atoms with Gasteiger partial charge in [0.25, 0.3) is 0 Å². The van der Waals surface area contributed by atoms with Gasteiger partial charge in [-0.25, -0.2) is 4.98 Å². The molecular formula is C17H17N3O3S. The van der Waals surface area contributed by atoms with Crippen LogP contribution < -0.4 is 10.1 Å². The first kappa shape index (κ1) is 16.2. The molecule has 0 bridgehead atoms. The Balaban J connectivity index is 1.88. The number of benzene rings is 1. The maximum absolute atomic E-state index is 12.2. The number of carbonyl (C=O) groups is 1. The molecule has 0 atom stereocenters. The third kappa shape index (κ3) is 3.30. The molecule has 0 aliphatic carbocycles. The lowest BCUT2D eigenvalue weighted by atomic mass is 10.0. The number of amides is 1. The van der Waals surface area contributed by atoms with Crippen LogP contribution in [0.25, 0.3) is 11.1 Å². The molecule has 0 aliphatic heterocycles. The molecule has 124 valence electrons. The minimum Gasteiger partial charge on any atom is -0.496 e. The number of nitrogens with one attached hydrogen (secondary N) is 1. The topological polar surface area (TPSA) is 77.2 Å². The molecule has 0 aliphatic rings. The highest BCUT2D eigenvalue weighted by atomic mass is 32.1. The van der Waals surface area contributed by atoms with Crippen molar-refractivity contribution in [3.63, 3.8) is 0 Å². The van der Waals surface area contributed by atoms with Crippen molar-refractivity contribution in [2.24, 2.45) is 0 Å². The Morgan fingerprint density at radius 1 is 1.38 bits per heavy atom. The van der Waals surface area contributed by atoms with Gasteiger partial charge in [-0.05, 0) is 32.0 Å². The van der Waals surface area contributed by atoms with Gasteiger partial charge in [0.05, 0.1) is 24.8 Å². The maximum atomic E-state index is 12.2. The standard InChI is InChI=1S/C17H17N3O3S/c1-10-17(11(2)23-20-10)13-8-12(4-5-14(13)22-3)19-15(21)9-16-18-6-7-24-16/h4-8H,9H2,1-3H3,(H,19,21). The van der Waals surface area contributed by atoms with Crippen LogP contribution in [-0.2, 0) is 11.2 Å². The number of aromatic nitrogens is 2. The highest BCUT2D eigenvalue weighted by molar-refractivity contribution is 7.09. The van der Waals surface area contributed by atoms with E-state index < -0.39 is 0 Å². The Labute approximate surface area is 143 Å². The second-order valence-electron chi connectivity index (χ2n) is 5.27. The van der Waals surface area contributed by atoms with Crippen LogP contribution >= 0.6 is 11.3 Å². The quantitative estimate of drug-likeness (QED) is 0.766. The zero-order valence-corrected chi connectivity index (χ0v) is 14.4. The van der Waals surface area contributed by atoms with Gasteiger partial charge in [0.15, 0.2) is 0 Å². The van der Waals surface area contributed by atoms with Gasteiger partial charge in [-0.15, -0.1) is 11.3 Å². The summed E-state index contributed by atoms with van der Waals surface area (Å²) >= 11 is 1.46. The van der Waals surface area contributed by atoms with E-state index in [0.29, 0.717) is 17.2 Å². The number of ether oxygens (including phenoxy) is 1. The molecule has 6 nitrogen and oxygen atoms in total. The smallest absolute Gasteiger partial charge is 0.231 e. The lowest BCUT2D eigenvalue weighted by Crippen LogP contribution is -2.14. The highest BCUT2D eigenvalue weighted by Crippen LogP contribution is 2.36. The van der Waals surface area contributed by atoms with Crippen molar-refractivity contribution in [3.05, 3.63) is 46.2 Å². The summed E-state index contributed by atoms with van der Waals surface area (Å²) in [5.74, 6) is 1.29. The number of thiazole rings is 1. The Hall–Kier alpha value is -2.67. The minimum absolute atomic E-state index is 0.111. The molecule has 1 N–H and O–H groups in total. The molecule has 3 aromatic rings. The SMILES string of the molecule is COc1ccc(NC(=O)Cc2nccs2)cc1-c1c(C)noc1C. The average Bonchev–Trinajstić information content (AvgIpc) is 3.17. The monoisotopic (exact) mass is 343 g/mol. The summed E-state index contributed by atoms with van der Waals surface area (Å²) in [6.07, 6.45) is 1.95. The zero-order chi connectivity index (χ0) is 17.1. The van der Waals surface area contributed by atoms with Gasteiger partial charge in [-0.1, -0.05) is 5.16 Å². The van der Waals surface area contributed by atoms with Crippen LogP contribution in [0, 0.1) is 13.8 Å². The molecular weight excluding hydrogens is 326 g/mol. The van der Waals surface area contributed by atoms with Crippen LogP contribution in [0.5, 0.6) is 5.75 Å². The van der Waals surface area contributed by atoms with Gasteiger partial charge in [0.2, 0.25) is 5.91 Å². The van der Waals surface area contributed by atoms with Crippen molar-refractivity contribution in [3.8, 4) is 16.9 Å².